The number of nitrogens with zero attached hydrogens (tertiary/aromatic N) is 4. The summed E-state index contributed by atoms with van der Waals surface area (Å²) in [7, 11) is 3.72. The molecule has 0 aromatic carbocycles. The smallest absolute Gasteiger partial charge is 0.289 e. The molecule has 1 aromatic rings. The SMILES string of the molecule is Cn1nn[n+](C)c1NC(C)(C)C. The van der Waals surface area contributed by atoms with E-state index in [1.54, 1.807) is 9.36 Å². The molecular weight excluding hydrogens is 154 g/mol. The Hall–Kier alpha value is -1.13. The molecule has 5 nitrogen and oxygen atoms in total. The molecule has 5 heteroatoms. The lowest BCUT2D eigenvalue weighted by Crippen LogP contribution is -2.39. The van der Waals surface area contributed by atoms with E-state index < -0.39 is 0 Å². The van der Waals surface area contributed by atoms with Crippen molar-refractivity contribution in [1.82, 2.24) is 15.1 Å². The van der Waals surface area contributed by atoms with Crippen LogP contribution in [0.3, 0.4) is 0 Å². The molecule has 1 heterocycles. The van der Waals surface area contributed by atoms with Crippen molar-refractivity contribution in [3.8, 4) is 0 Å². The molecule has 1 aromatic heterocycles. The Bertz CT molecular complexity index is 250. The Morgan fingerprint density at radius 1 is 1.42 bits per heavy atom. The number of anilines is 1. The summed E-state index contributed by atoms with van der Waals surface area (Å²) < 4.78 is 3.43. The van der Waals surface area contributed by atoms with Gasteiger partial charge in [-0.15, -0.1) is 4.68 Å². The maximum absolute atomic E-state index is 3.87. The highest BCUT2D eigenvalue weighted by atomic mass is 15.6. The molecule has 68 valence electrons. The van der Waals surface area contributed by atoms with E-state index in [0.29, 0.717) is 0 Å². The second-order valence-corrected chi connectivity index (χ2v) is 3.92. The maximum Gasteiger partial charge on any atom is 0.364 e. The third kappa shape index (κ3) is 1.93. The average molecular weight is 170 g/mol. The van der Waals surface area contributed by atoms with E-state index in [9.17, 15) is 0 Å². The second kappa shape index (κ2) is 2.73. The van der Waals surface area contributed by atoms with Gasteiger partial charge in [0, 0.05) is 0 Å². The molecule has 1 rings (SSSR count). The number of nitrogens with one attached hydrogen (secondary N) is 1. The molecule has 0 aliphatic heterocycles. The third-order valence-corrected chi connectivity index (χ3v) is 1.41. The molecule has 0 bridgehead atoms. The first-order valence-electron chi connectivity index (χ1n) is 3.94. The largest absolute Gasteiger partial charge is 0.364 e. The summed E-state index contributed by atoms with van der Waals surface area (Å²) in [4.78, 5) is 0. The van der Waals surface area contributed by atoms with Crippen LogP contribution in [-0.2, 0) is 14.1 Å². The maximum atomic E-state index is 3.87. The average Bonchev–Trinajstić information content (AvgIpc) is 2.16. The lowest BCUT2D eigenvalue weighted by Gasteiger charge is -2.16. The highest BCUT2D eigenvalue weighted by molar-refractivity contribution is 5.19. The van der Waals surface area contributed by atoms with E-state index in [1.807, 2.05) is 14.1 Å². The summed E-state index contributed by atoms with van der Waals surface area (Å²) in [5.74, 6) is 0.905. The molecule has 0 atom stereocenters. The number of aryl methyl sites for hydroxylation is 2. The highest BCUT2D eigenvalue weighted by Gasteiger charge is 2.20. The predicted molar refractivity (Wildman–Crippen MR) is 45.6 cm³/mol. The van der Waals surface area contributed by atoms with Crippen molar-refractivity contribution in [3.05, 3.63) is 0 Å². The molecule has 1 N–H and O–H groups in total. The monoisotopic (exact) mass is 170 g/mol. The molecule has 0 saturated carbocycles. The Kier molecular flexibility index (Phi) is 2.04. The van der Waals surface area contributed by atoms with E-state index in [1.165, 1.54) is 0 Å². The normalized spacial score (nSPS) is 11.8. The van der Waals surface area contributed by atoms with Crippen molar-refractivity contribution < 1.29 is 4.68 Å². The zero-order valence-corrected chi connectivity index (χ0v) is 8.29. The van der Waals surface area contributed by atoms with Gasteiger partial charge in [-0.05, 0) is 20.8 Å². The summed E-state index contributed by atoms with van der Waals surface area (Å²) in [5.41, 5.74) is 0.0350. The van der Waals surface area contributed by atoms with Crippen molar-refractivity contribution in [3.63, 3.8) is 0 Å². The van der Waals surface area contributed by atoms with Gasteiger partial charge in [-0.3, -0.25) is 5.32 Å². The molecular formula is C7H16N5+. The molecule has 0 saturated heterocycles. The Labute approximate surface area is 72.4 Å². The second-order valence-electron chi connectivity index (χ2n) is 3.92. The number of hydrogen-bond acceptors (Lipinski definition) is 3. The van der Waals surface area contributed by atoms with Gasteiger partial charge < -0.3 is 0 Å². The van der Waals surface area contributed by atoms with Crippen LogP contribution >= 0.6 is 0 Å². The van der Waals surface area contributed by atoms with Crippen LogP contribution in [0.4, 0.5) is 5.95 Å². The van der Waals surface area contributed by atoms with Gasteiger partial charge in [0.05, 0.1) is 24.8 Å². The molecule has 0 amide bonds. The Morgan fingerprint density at radius 3 is 2.33 bits per heavy atom. The molecule has 12 heavy (non-hydrogen) atoms. The Balaban J connectivity index is 2.88. The quantitative estimate of drug-likeness (QED) is 0.596. The van der Waals surface area contributed by atoms with Crippen molar-refractivity contribution in [1.29, 1.82) is 0 Å². The first-order valence-corrected chi connectivity index (χ1v) is 3.94. The van der Waals surface area contributed by atoms with Gasteiger partial charge in [0.2, 0.25) is 0 Å². The molecule has 0 spiro atoms. The van der Waals surface area contributed by atoms with Gasteiger partial charge in [-0.2, -0.15) is 0 Å². The van der Waals surface area contributed by atoms with Gasteiger partial charge >= 0.3 is 5.95 Å². The lowest BCUT2D eigenvalue weighted by atomic mass is 10.1. The minimum Gasteiger partial charge on any atom is -0.289 e. The number of hydrogen-bond donors (Lipinski definition) is 1. The van der Waals surface area contributed by atoms with Gasteiger partial charge in [0.25, 0.3) is 0 Å². The zero-order chi connectivity index (χ0) is 9.35. The van der Waals surface area contributed by atoms with Gasteiger partial charge in [0.1, 0.15) is 5.21 Å². The number of tetrazole rings is 1. The first-order chi connectivity index (χ1) is 5.40. The van der Waals surface area contributed by atoms with Crippen molar-refractivity contribution in [2.24, 2.45) is 14.1 Å². The fourth-order valence-corrected chi connectivity index (χ4v) is 0.911. The standard InChI is InChI=1S/C7H15N5/c1-7(2,3)8-6-11(4)9-10-12(6)5/h1-5H3/p+1. The van der Waals surface area contributed by atoms with Crippen LogP contribution in [-0.4, -0.2) is 20.6 Å². The lowest BCUT2D eigenvalue weighted by molar-refractivity contribution is -0.718. The third-order valence-electron chi connectivity index (χ3n) is 1.41. The van der Waals surface area contributed by atoms with Crippen molar-refractivity contribution in [2.45, 2.75) is 26.3 Å². The fourth-order valence-electron chi connectivity index (χ4n) is 0.911. The van der Waals surface area contributed by atoms with Crippen LogP contribution in [0.25, 0.3) is 0 Å². The van der Waals surface area contributed by atoms with E-state index >= 15 is 0 Å². The minimum absolute atomic E-state index is 0.0350. The summed E-state index contributed by atoms with van der Waals surface area (Å²) in [5, 5.41) is 11.0. The van der Waals surface area contributed by atoms with E-state index in [-0.39, 0.29) is 5.54 Å². The van der Waals surface area contributed by atoms with Crippen molar-refractivity contribution >= 4 is 5.95 Å². The van der Waals surface area contributed by atoms with Crippen LogP contribution < -0.4 is 10.00 Å². The van der Waals surface area contributed by atoms with Gasteiger partial charge in [-0.1, -0.05) is 4.68 Å². The first kappa shape index (κ1) is 8.96. The predicted octanol–water partition coefficient (Wildman–Crippen LogP) is -0.150. The van der Waals surface area contributed by atoms with Crippen LogP contribution in [0, 0.1) is 0 Å². The fraction of sp³-hybridized carbons (Fsp3) is 0.857. The molecule has 0 aliphatic carbocycles. The summed E-state index contributed by atoms with van der Waals surface area (Å²) in [6.45, 7) is 6.29. The van der Waals surface area contributed by atoms with Gasteiger partial charge in [0.15, 0.2) is 0 Å². The van der Waals surface area contributed by atoms with Crippen molar-refractivity contribution in [2.75, 3.05) is 5.32 Å². The van der Waals surface area contributed by atoms with Crippen LogP contribution in [0.5, 0.6) is 0 Å². The molecule has 0 aliphatic rings. The number of aromatic nitrogens is 4. The molecule has 0 unspecified atom stereocenters. The summed E-state index contributed by atoms with van der Waals surface area (Å²) >= 11 is 0. The van der Waals surface area contributed by atoms with E-state index in [2.05, 4.69) is 36.5 Å². The van der Waals surface area contributed by atoms with Crippen LogP contribution in [0.1, 0.15) is 20.8 Å². The Morgan fingerprint density at radius 2 is 2.00 bits per heavy atom. The molecule has 0 fully saturated rings. The highest BCUT2D eigenvalue weighted by Crippen LogP contribution is 2.07. The van der Waals surface area contributed by atoms with Gasteiger partial charge in [-0.25, -0.2) is 0 Å². The van der Waals surface area contributed by atoms with E-state index in [4.69, 9.17) is 0 Å². The van der Waals surface area contributed by atoms with E-state index in [0.717, 1.165) is 5.95 Å². The molecule has 0 radical (unpaired) electrons. The van der Waals surface area contributed by atoms with Crippen LogP contribution in [0.15, 0.2) is 0 Å². The summed E-state index contributed by atoms with van der Waals surface area (Å²) in [6, 6.07) is 0. The summed E-state index contributed by atoms with van der Waals surface area (Å²) in [6.07, 6.45) is 0. The topological polar surface area (TPSA) is 46.6 Å². The minimum atomic E-state index is 0.0350. The number of rotatable bonds is 1. The zero-order valence-electron chi connectivity index (χ0n) is 8.29. The van der Waals surface area contributed by atoms with Crippen LogP contribution in [0.2, 0.25) is 0 Å².